The number of carbonyl (C=O) groups excluding carboxylic acids is 2. The van der Waals surface area contributed by atoms with Crippen LogP contribution in [0.5, 0.6) is 0 Å². The first kappa shape index (κ1) is 21.9. The lowest BCUT2D eigenvalue weighted by atomic mass is 10.2. The predicted molar refractivity (Wildman–Crippen MR) is 115 cm³/mol. The SMILES string of the molecule is O=C(CC(=O)OCc1cn(Cc2ccccc2)nn1)OCc1cn(Cc2ccccc2)nn1. The second-order valence-corrected chi connectivity index (χ2v) is 7.28. The summed E-state index contributed by atoms with van der Waals surface area (Å²) in [6, 6.07) is 19.6. The third-order valence-electron chi connectivity index (χ3n) is 4.60. The number of aromatic nitrogens is 6. The summed E-state index contributed by atoms with van der Waals surface area (Å²) in [6.45, 7) is 0.970. The van der Waals surface area contributed by atoms with E-state index in [9.17, 15) is 9.59 Å². The maximum absolute atomic E-state index is 11.9. The minimum Gasteiger partial charge on any atom is -0.459 e. The Hall–Kier alpha value is -4.34. The quantitative estimate of drug-likeness (QED) is 0.269. The van der Waals surface area contributed by atoms with Crippen molar-refractivity contribution in [2.24, 2.45) is 0 Å². The fourth-order valence-corrected chi connectivity index (χ4v) is 3.03. The van der Waals surface area contributed by atoms with Gasteiger partial charge < -0.3 is 9.47 Å². The maximum atomic E-state index is 11.9. The van der Waals surface area contributed by atoms with Gasteiger partial charge in [0.15, 0.2) is 0 Å². The minimum atomic E-state index is -0.703. The van der Waals surface area contributed by atoms with Crippen molar-refractivity contribution in [1.29, 1.82) is 0 Å². The first-order valence-corrected chi connectivity index (χ1v) is 10.3. The fourth-order valence-electron chi connectivity index (χ4n) is 3.03. The van der Waals surface area contributed by atoms with Crippen LogP contribution in [0.4, 0.5) is 0 Å². The van der Waals surface area contributed by atoms with Crippen molar-refractivity contribution in [3.63, 3.8) is 0 Å². The molecule has 168 valence electrons. The molecule has 2 heterocycles. The van der Waals surface area contributed by atoms with E-state index >= 15 is 0 Å². The van der Waals surface area contributed by atoms with Crippen LogP contribution in [-0.4, -0.2) is 41.9 Å². The van der Waals surface area contributed by atoms with Crippen molar-refractivity contribution in [2.45, 2.75) is 32.7 Å². The molecule has 10 heteroatoms. The van der Waals surface area contributed by atoms with Gasteiger partial charge in [0.05, 0.1) is 25.5 Å². The molecule has 2 aromatic heterocycles. The van der Waals surface area contributed by atoms with E-state index in [1.54, 1.807) is 21.8 Å². The van der Waals surface area contributed by atoms with E-state index in [0.29, 0.717) is 24.5 Å². The highest BCUT2D eigenvalue weighted by Crippen LogP contribution is 2.06. The molecule has 0 saturated carbocycles. The van der Waals surface area contributed by atoms with Crippen molar-refractivity contribution in [1.82, 2.24) is 30.0 Å². The van der Waals surface area contributed by atoms with Gasteiger partial charge in [0.25, 0.3) is 0 Å². The smallest absolute Gasteiger partial charge is 0.317 e. The summed E-state index contributed by atoms with van der Waals surface area (Å²) in [5.74, 6) is -1.41. The van der Waals surface area contributed by atoms with E-state index in [1.165, 1.54) is 0 Å². The van der Waals surface area contributed by atoms with E-state index in [1.807, 2.05) is 60.7 Å². The molecular formula is C23H22N6O4. The van der Waals surface area contributed by atoms with Crippen molar-refractivity contribution in [3.05, 3.63) is 95.6 Å². The Kier molecular flexibility index (Phi) is 7.16. The average molecular weight is 446 g/mol. The highest BCUT2D eigenvalue weighted by Gasteiger charge is 2.14. The first-order valence-electron chi connectivity index (χ1n) is 10.3. The molecule has 0 atom stereocenters. The lowest BCUT2D eigenvalue weighted by Crippen LogP contribution is -2.14. The van der Waals surface area contributed by atoms with Crippen LogP contribution in [0.25, 0.3) is 0 Å². The van der Waals surface area contributed by atoms with Crippen LogP contribution in [0.2, 0.25) is 0 Å². The van der Waals surface area contributed by atoms with Crippen molar-refractivity contribution < 1.29 is 19.1 Å². The molecule has 4 rings (SSSR count). The number of hydrogen-bond acceptors (Lipinski definition) is 8. The van der Waals surface area contributed by atoms with Crippen LogP contribution >= 0.6 is 0 Å². The van der Waals surface area contributed by atoms with Gasteiger partial charge in [-0.2, -0.15) is 0 Å². The van der Waals surface area contributed by atoms with Crippen molar-refractivity contribution in [3.8, 4) is 0 Å². The first-order chi connectivity index (χ1) is 16.1. The Labute approximate surface area is 189 Å². The number of rotatable bonds is 10. The molecule has 0 aliphatic heterocycles. The summed E-state index contributed by atoms with van der Waals surface area (Å²) in [5, 5.41) is 16.0. The van der Waals surface area contributed by atoms with E-state index in [4.69, 9.17) is 9.47 Å². The zero-order valence-electron chi connectivity index (χ0n) is 17.8. The van der Waals surface area contributed by atoms with Crippen LogP contribution in [0.3, 0.4) is 0 Å². The summed E-state index contributed by atoms with van der Waals surface area (Å²) in [7, 11) is 0. The van der Waals surface area contributed by atoms with Gasteiger partial charge in [-0.1, -0.05) is 71.1 Å². The van der Waals surface area contributed by atoms with Gasteiger partial charge in [-0.3, -0.25) is 9.59 Å². The fraction of sp³-hybridized carbons (Fsp3) is 0.217. The molecule has 0 aliphatic rings. The van der Waals surface area contributed by atoms with Gasteiger partial charge in [0, 0.05) is 0 Å². The Morgan fingerprint density at radius 3 is 1.52 bits per heavy atom. The Balaban J connectivity index is 1.16. The number of nitrogens with zero attached hydrogens (tertiary/aromatic N) is 6. The van der Waals surface area contributed by atoms with Crippen molar-refractivity contribution >= 4 is 11.9 Å². The number of esters is 2. The summed E-state index contributed by atoms with van der Waals surface area (Å²) in [4.78, 5) is 23.9. The summed E-state index contributed by atoms with van der Waals surface area (Å²) >= 11 is 0. The van der Waals surface area contributed by atoms with Gasteiger partial charge in [-0.15, -0.1) is 10.2 Å². The van der Waals surface area contributed by atoms with Gasteiger partial charge in [0.1, 0.15) is 31.0 Å². The molecule has 0 bridgehead atoms. The van der Waals surface area contributed by atoms with Crippen molar-refractivity contribution in [2.75, 3.05) is 0 Å². The van der Waals surface area contributed by atoms with Gasteiger partial charge in [-0.25, -0.2) is 9.36 Å². The third kappa shape index (κ3) is 6.82. The zero-order valence-corrected chi connectivity index (χ0v) is 17.8. The molecule has 10 nitrogen and oxygen atoms in total. The van der Waals surface area contributed by atoms with Crippen LogP contribution in [-0.2, 0) is 45.4 Å². The molecule has 0 radical (unpaired) electrons. The standard InChI is InChI=1S/C23H22N6O4/c30-22(32-16-20-14-28(26-24-20)12-18-7-3-1-4-8-18)11-23(31)33-17-21-15-29(27-25-21)13-19-9-5-2-6-10-19/h1-10,14-15H,11-13,16-17H2. The number of ether oxygens (including phenoxy) is 2. The normalized spacial score (nSPS) is 10.7. The summed E-state index contributed by atoms with van der Waals surface area (Å²) in [6.07, 6.45) is 2.88. The lowest BCUT2D eigenvalue weighted by Gasteiger charge is -2.03. The largest absolute Gasteiger partial charge is 0.459 e. The number of hydrogen-bond donors (Lipinski definition) is 0. The van der Waals surface area contributed by atoms with Gasteiger partial charge in [0.2, 0.25) is 0 Å². The summed E-state index contributed by atoms with van der Waals surface area (Å²) in [5.41, 5.74) is 3.13. The molecule has 33 heavy (non-hydrogen) atoms. The maximum Gasteiger partial charge on any atom is 0.317 e. The molecule has 0 amide bonds. The molecule has 4 aromatic rings. The van der Waals surface area contributed by atoms with E-state index in [-0.39, 0.29) is 13.2 Å². The molecule has 0 N–H and O–H groups in total. The Bertz CT molecular complexity index is 1100. The van der Waals surface area contributed by atoms with Crippen LogP contribution in [0.15, 0.2) is 73.1 Å². The molecule has 0 saturated heterocycles. The topological polar surface area (TPSA) is 114 Å². The third-order valence-corrected chi connectivity index (χ3v) is 4.60. The zero-order chi connectivity index (χ0) is 22.9. The molecule has 0 fully saturated rings. The number of benzene rings is 2. The van der Waals surface area contributed by atoms with Gasteiger partial charge in [-0.05, 0) is 11.1 Å². The van der Waals surface area contributed by atoms with E-state index < -0.39 is 18.4 Å². The monoisotopic (exact) mass is 446 g/mol. The predicted octanol–water partition coefficient (Wildman–Crippen LogP) is 2.14. The Morgan fingerprint density at radius 1 is 0.667 bits per heavy atom. The van der Waals surface area contributed by atoms with Crippen LogP contribution in [0, 0.1) is 0 Å². The molecule has 0 spiro atoms. The average Bonchev–Trinajstić information content (AvgIpc) is 3.47. The van der Waals surface area contributed by atoms with E-state index in [2.05, 4.69) is 20.6 Å². The van der Waals surface area contributed by atoms with E-state index in [0.717, 1.165) is 11.1 Å². The highest BCUT2D eigenvalue weighted by molar-refractivity contribution is 5.91. The lowest BCUT2D eigenvalue weighted by molar-refractivity contribution is -0.156. The molecule has 2 aromatic carbocycles. The van der Waals surface area contributed by atoms with Crippen LogP contribution < -0.4 is 0 Å². The van der Waals surface area contributed by atoms with Gasteiger partial charge >= 0.3 is 11.9 Å². The minimum absolute atomic E-state index is 0.0747. The van der Waals surface area contributed by atoms with Crippen LogP contribution in [0.1, 0.15) is 28.9 Å². The molecular weight excluding hydrogens is 424 g/mol. The summed E-state index contributed by atoms with van der Waals surface area (Å²) < 4.78 is 13.5. The second-order valence-electron chi connectivity index (χ2n) is 7.28. The Morgan fingerprint density at radius 2 is 1.09 bits per heavy atom. The highest BCUT2D eigenvalue weighted by atomic mass is 16.6. The molecule has 0 unspecified atom stereocenters. The molecule has 0 aliphatic carbocycles. The second kappa shape index (κ2) is 10.8. The number of carbonyl (C=O) groups is 2.